The van der Waals surface area contributed by atoms with Gasteiger partial charge in [0.15, 0.2) is 0 Å². The molecular formula is C17H25NO3. The molecule has 4 heteroatoms. The molecule has 0 aliphatic carbocycles. The molecular weight excluding hydrogens is 266 g/mol. The molecule has 0 bridgehead atoms. The van der Waals surface area contributed by atoms with E-state index in [1.54, 1.807) is 0 Å². The number of piperidine rings is 1. The molecule has 1 N–H and O–H groups in total. The standard InChI is InChI=1S/C17H25NO3/c1-2-3-12-21-16-7-5-4-6-15(16)13-18-10-8-14(9-11-18)17(19)20/h4-7,14H,2-3,8-13H2,1H3,(H,19,20). The van der Waals surface area contributed by atoms with Crippen LogP contribution in [0.5, 0.6) is 5.75 Å². The summed E-state index contributed by atoms with van der Waals surface area (Å²) < 4.78 is 5.86. The SMILES string of the molecule is CCCCOc1ccccc1CN1CCC(C(=O)O)CC1. The molecule has 1 saturated heterocycles. The predicted octanol–water partition coefficient (Wildman–Crippen LogP) is 3.16. The molecule has 0 aromatic heterocycles. The van der Waals surface area contributed by atoms with Crippen LogP contribution in [0.3, 0.4) is 0 Å². The largest absolute Gasteiger partial charge is 0.493 e. The molecule has 0 unspecified atom stereocenters. The number of benzene rings is 1. The monoisotopic (exact) mass is 291 g/mol. The molecule has 0 radical (unpaired) electrons. The third-order valence-electron chi connectivity index (χ3n) is 4.06. The van der Waals surface area contributed by atoms with Crippen LogP contribution < -0.4 is 4.74 Å². The molecule has 0 atom stereocenters. The molecule has 1 aliphatic heterocycles. The molecule has 1 heterocycles. The summed E-state index contributed by atoms with van der Waals surface area (Å²) in [5.41, 5.74) is 1.20. The fourth-order valence-corrected chi connectivity index (χ4v) is 2.68. The number of hydrogen-bond acceptors (Lipinski definition) is 3. The number of likely N-dealkylation sites (tertiary alicyclic amines) is 1. The van der Waals surface area contributed by atoms with Gasteiger partial charge in [0.2, 0.25) is 0 Å². The van der Waals surface area contributed by atoms with Crippen molar-refractivity contribution in [1.82, 2.24) is 4.90 Å². The summed E-state index contributed by atoms with van der Waals surface area (Å²) in [6.45, 7) is 5.45. The number of ether oxygens (including phenoxy) is 1. The van der Waals surface area contributed by atoms with Gasteiger partial charge >= 0.3 is 5.97 Å². The number of unbranched alkanes of at least 4 members (excludes halogenated alkanes) is 1. The Bertz CT molecular complexity index is 453. The van der Waals surface area contributed by atoms with Gasteiger partial charge in [-0.1, -0.05) is 31.5 Å². The van der Waals surface area contributed by atoms with E-state index in [1.807, 2.05) is 18.2 Å². The zero-order valence-corrected chi connectivity index (χ0v) is 12.8. The lowest BCUT2D eigenvalue weighted by atomic mass is 9.97. The number of carbonyl (C=O) groups is 1. The van der Waals surface area contributed by atoms with Crippen LogP contribution in [0.15, 0.2) is 24.3 Å². The summed E-state index contributed by atoms with van der Waals surface area (Å²) in [7, 11) is 0. The predicted molar refractivity (Wildman–Crippen MR) is 82.5 cm³/mol. The van der Waals surface area contributed by atoms with Crippen molar-refractivity contribution < 1.29 is 14.6 Å². The summed E-state index contributed by atoms with van der Waals surface area (Å²) in [5, 5.41) is 9.04. The van der Waals surface area contributed by atoms with Crippen LogP contribution in [0.25, 0.3) is 0 Å². The van der Waals surface area contributed by atoms with E-state index in [9.17, 15) is 4.79 Å². The highest BCUT2D eigenvalue weighted by molar-refractivity contribution is 5.70. The van der Waals surface area contributed by atoms with Gasteiger partial charge in [0, 0.05) is 12.1 Å². The Kier molecular flexibility index (Phi) is 6.05. The third-order valence-corrected chi connectivity index (χ3v) is 4.06. The molecule has 1 fully saturated rings. The number of para-hydroxylation sites is 1. The number of rotatable bonds is 7. The minimum absolute atomic E-state index is 0.169. The summed E-state index contributed by atoms with van der Waals surface area (Å²) in [5.74, 6) is 0.140. The van der Waals surface area contributed by atoms with Crippen molar-refractivity contribution in [1.29, 1.82) is 0 Å². The van der Waals surface area contributed by atoms with Gasteiger partial charge in [-0.2, -0.15) is 0 Å². The van der Waals surface area contributed by atoms with Crippen LogP contribution in [0, 0.1) is 5.92 Å². The Morgan fingerprint density at radius 3 is 2.71 bits per heavy atom. The van der Waals surface area contributed by atoms with E-state index in [1.165, 1.54) is 5.56 Å². The van der Waals surface area contributed by atoms with Gasteiger partial charge < -0.3 is 9.84 Å². The van der Waals surface area contributed by atoms with Crippen molar-refractivity contribution in [3.05, 3.63) is 29.8 Å². The Morgan fingerprint density at radius 1 is 1.33 bits per heavy atom. The van der Waals surface area contributed by atoms with E-state index >= 15 is 0 Å². The lowest BCUT2D eigenvalue weighted by Gasteiger charge is -2.30. The molecule has 1 aromatic carbocycles. The molecule has 21 heavy (non-hydrogen) atoms. The lowest BCUT2D eigenvalue weighted by molar-refractivity contribution is -0.143. The first-order chi connectivity index (χ1) is 10.2. The van der Waals surface area contributed by atoms with E-state index in [0.717, 1.165) is 57.7 Å². The second-order valence-corrected chi connectivity index (χ2v) is 5.70. The van der Waals surface area contributed by atoms with Crippen molar-refractivity contribution in [3.63, 3.8) is 0 Å². The zero-order valence-electron chi connectivity index (χ0n) is 12.8. The summed E-state index contributed by atoms with van der Waals surface area (Å²) in [4.78, 5) is 13.3. The maximum Gasteiger partial charge on any atom is 0.306 e. The minimum atomic E-state index is -0.655. The summed E-state index contributed by atoms with van der Waals surface area (Å²) in [6, 6.07) is 8.16. The lowest BCUT2D eigenvalue weighted by Crippen LogP contribution is -2.35. The Balaban J connectivity index is 1.89. The maximum absolute atomic E-state index is 11.0. The van der Waals surface area contributed by atoms with E-state index in [4.69, 9.17) is 9.84 Å². The summed E-state index contributed by atoms with van der Waals surface area (Å²) >= 11 is 0. The van der Waals surface area contributed by atoms with Crippen LogP contribution in [0.2, 0.25) is 0 Å². The maximum atomic E-state index is 11.0. The second kappa shape index (κ2) is 8.03. The number of carboxylic acids is 1. The Labute approximate surface area is 126 Å². The molecule has 1 aliphatic rings. The van der Waals surface area contributed by atoms with Crippen molar-refractivity contribution in [2.24, 2.45) is 5.92 Å². The van der Waals surface area contributed by atoms with Gasteiger partial charge in [-0.05, 0) is 38.4 Å². The minimum Gasteiger partial charge on any atom is -0.493 e. The molecule has 116 valence electrons. The first kappa shape index (κ1) is 15.8. The average molecular weight is 291 g/mol. The van der Waals surface area contributed by atoms with Crippen LogP contribution >= 0.6 is 0 Å². The van der Waals surface area contributed by atoms with Crippen molar-refractivity contribution in [3.8, 4) is 5.75 Å². The molecule has 0 saturated carbocycles. The topological polar surface area (TPSA) is 49.8 Å². The quantitative estimate of drug-likeness (QED) is 0.784. The molecule has 2 rings (SSSR count). The first-order valence-electron chi connectivity index (χ1n) is 7.86. The third kappa shape index (κ3) is 4.74. The molecule has 1 aromatic rings. The van der Waals surface area contributed by atoms with E-state index < -0.39 is 5.97 Å². The number of aliphatic carboxylic acids is 1. The van der Waals surface area contributed by atoms with Crippen molar-refractivity contribution in [2.75, 3.05) is 19.7 Å². The fourth-order valence-electron chi connectivity index (χ4n) is 2.68. The Hall–Kier alpha value is -1.55. The highest BCUT2D eigenvalue weighted by Gasteiger charge is 2.24. The van der Waals surface area contributed by atoms with Crippen LogP contribution in [0.1, 0.15) is 38.2 Å². The second-order valence-electron chi connectivity index (χ2n) is 5.70. The van der Waals surface area contributed by atoms with Gasteiger partial charge in [-0.3, -0.25) is 9.69 Å². The van der Waals surface area contributed by atoms with Crippen LogP contribution in [-0.4, -0.2) is 35.7 Å². The van der Waals surface area contributed by atoms with E-state index in [0.29, 0.717) is 0 Å². The highest BCUT2D eigenvalue weighted by atomic mass is 16.5. The molecule has 0 spiro atoms. The van der Waals surface area contributed by atoms with Gasteiger partial charge in [0.05, 0.1) is 12.5 Å². The fraction of sp³-hybridized carbons (Fsp3) is 0.588. The summed E-state index contributed by atoms with van der Waals surface area (Å²) in [6.07, 6.45) is 3.69. The van der Waals surface area contributed by atoms with Gasteiger partial charge in [0.1, 0.15) is 5.75 Å². The van der Waals surface area contributed by atoms with E-state index in [-0.39, 0.29) is 5.92 Å². The number of carboxylic acid groups (broad SMARTS) is 1. The number of nitrogens with zero attached hydrogens (tertiary/aromatic N) is 1. The first-order valence-corrected chi connectivity index (χ1v) is 7.86. The van der Waals surface area contributed by atoms with E-state index in [2.05, 4.69) is 17.9 Å². The zero-order chi connectivity index (χ0) is 15.1. The molecule has 0 amide bonds. The van der Waals surface area contributed by atoms with Gasteiger partial charge in [-0.15, -0.1) is 0 Å². The van der Waals surface area contributed by atoms with Crippen molar-refractivity contribution >= 4 is 5.97 Å². The molecule has 4 nitrogen and oxygen atoms in total. The van der Waals surface area contributed by atoms with Crippen molar-refractivity contribution in [2.45, 2.75) is 39.2 Å². The van der Waals surface area contributed by atoms with Crippen LogP contribution in [-0.2, 0) is 11.3 Å². The van der Waals surface area contributed by atoms with Gasteiger partial charge in [0.25, 0.3) is 0 Å². The Morgan fingerprint density at radius 2 is 2.05 bits per heavy atom. The highest BCUT2D eigenvalue weighted by Crippen LogP contribution is 2.24. The average Bonchev–Trinajstić information content (AvgIpc) is 2.50. The number of hydrogen-bond donors (Lipinski definition) is 1. The van der Waals surface area contributed by atoms with Gasteiger partial charge in [-0.25, -0.2) is 0 Å². The smallest absolute Gasteiger partial charge is 0.306 e. The normalized spacial score (nSPS) is 16.8. The van der Waals surface area contributed by atoms with Crippen LogP contribution in [0.4, 0.5) is 0 Å².